The van der Waals surface area contributed by atoms with Gasteiger partial charge in [0.1, 0.15) is 17.2 Å². The number of aryl methyl sites for hydroxylation is 1. The van der Waals surface area contributed by atoms with Gasteiger partial charge in [0.25, 0.3) is 5.91 Å². The third kappa shape index (κ3) is 3.59. The zero-order valence-corrected chi connectivity index (χ0v) is 19.4. The molecule has 1 amide bonds. The average molecular weight is 485 g/mol. The molecule has 0 unspecified atom stereocenters. The molecule has 0 radical (unpaired) electrons. The highest BCUT2D eigenvalue weighted by Gasteiger charge is 2.41. The minimum Gasteiger partial charge on any atom is -0.325 e. The first-order valence-electron chi connectivity index (χ1n) is 11.4. The summed E-state index contributed by atoms with van der Waals surface area (Å²) in [5.74, 6) is -4.78. The monoisotopic (exact) mass is 485 g/mol. The Balaban J connectivity index is 1.62. The fourth-order valence-corrected chi connectivity index (χ4v) is 5.12. The minimum atomic E-state index is -1.52. The Kier molecular flexibility index (Phi) is 5.61. The Labute approximate surface area is 198 Å². The summed E-state index contributed by atoms with van der Waals surface area (Å²) >= 11 is 0. The lowest BCUT2D eigenvalue weighted by Gasteiger charge is -2.41. The van der Waals surface area contributed by atoms with Crippen molar-refractivity contribution in [2.24, 2.45) is 7.05 Å². The van der Waals surface area contributed by atoms with Gasteiger partial charge in [0.05, 0.1) is 23.6 Å². The van der Waals surface area contributed by atoms with E-state index in [4.69, 9.17) is 0 Å². The second-order valence-electron chi connectivity index (χ2n) is 8.71. The number of hydrogen-bond acceptors (Lipinski definition) is 3. The first kappa shape index (κ1) is 23.1. The van der Waals surface area contributed by atoms with Crippen molar-refractivity contribution in [1.29, 1.82) is 0 Å². The largest absolute Gasteiger partial charge is 0.325 e. The zero-order valence-electron chi connectivity index (χ0n) is 19.4. The second-order valence-corrected chi connectivity index (χ2v) is 8.71. The minimum absolute atomic E-state index is 0.186. The summed E-state index contributed by atoms with van der Waals surface area (Å²) in [5.41, 5.74) is 2.72. The fraction of sp³-hybridized carbons (Fsp3) is 0.320. The number of nitrogens with zero attached hydrogens (tertiary/aromatic N) is 5. The number of pyridine rings is 1. The summed E-state index contributed by atoms with van der Waals surface area (Å²) in [6.45, 7) is 3.89. The maximum absolute atomic E-state index is 14.0. The molecule has 1 aliphatic rings. The molecule has 0 N–H and O–H groups in total. The van der Waals surface area contributed by atoms with E-state index in [0.29, 0.717) is 42.0 Å². The average Bonchev–Trinajstić information content (AvgIpc) is 3.40. The Morgan fingerprint density at radius 1 is 1.09 bits per heavy atom. The summed E-state index contributed by atoms with van der Waals surface area (Å²) in [7, 11) is 1.66. The molecule has 35 heavy (non-hydrogen) atoms. The number of hydrogen-bond donors (Lipinski definition) is 0. The highest BCUT2D eigenvalue weighted by atomic mass is 19.2. The summed E-state index contributed by atoms with van der Waals surface area (Å²) in [5, 5.41) is 4.63. The topological polar surface area (TPSA) is 55.4 Å². The van der Waals surface area contributed by atoms with Crippen LogP contribution in [0.4, 0.5) is 17.6 Å². The molecule has 4 heterocycles. The molecular weight excluding hydrogens is 462 g/mol. The van der Waals surface area contributed by atoms with E-state index in [9.17, 15) is 22.4 Å². The van der Waals surface area contributed by atoms with Crippen LogP contribution in [0.3, 0.4) is 0 Å². The molecule has 182 valence electrons. The molecule has 0 bridgehead atoms. The van der Waals surface area contributed by atoms with Crippen LogP contribution in [0.25, 0.3) is 16.9 Å². The van der Waals surface area contributed by atoms with Crippen LogP contribution in [0.15, 0.2) is 36.7 Å². The highest BCUT2D eigenvalue weighted by Crippen LogP contribution is 2.41. The third-order valence-electron chi connectivity index (χ3n) is 6.71. The van der Waals surface area contributed by atoms with Gasteiger partial charge in [0, 0.05) is 36.5 Å². The number of fused-ring (bicyclic) bond motifs is 2. The van der Waals surface area contributed by atoms with Gasteiger partial charge < -0.3 is 4.90 Å². The van der Waals surface area contributed by atoms with E-state index in [-0.39, 0.29) is 17.5 Å². The SMILES string of the molecule is CC[C@H]1Cc2c(nn(C)c2-c2cc(F)c(F)c(F)c2)[C@@H](CC)N1C(=O)c1cnc2cc(F)ccn12. The molecule has 0 spiro atoms. The number of aromatic nitrogens is 4. The van der Waals surface area contributed by atoms with Crippen molar-refractivity contribution < 1.29 is 22.4 Å². The lowest BCUT2D eigenvalue weighted by atomic mass is 9.87. The molecule has 1 aliphatic heterocycles. The molecule has 5 rings (SSSR count). The second kappa shape index (κ2) is 8.51. The predicted octanol–water partition coefficient (Wildman–Crippen LogP) is 5.22. The number of imidazole rings is 1. The molecule has 0 fully saturated rings. The van der Waals surface area contributed by atoms with Crippen molar-refractivity contribution in [2.45, 2.75) is 45.2 Å². The summed E-state index contributed by atoms with van der Waals surface area (Å²) in [4.78, 5) is 19.7. The van der Waals surface area contributed by atoms with E-state index in [1.54, 1.807) is 16.3 Å². The predicted molar refractivity (Wildman–Crippen MR) is 121 cm³/mol. The molecule has 6 nitrogen and oxygen atoms in total. The van der Waals surface area contributed by atoms with Gasteiger partial charge in [-0.25, -0.2) is 22.5 Å². The van der Waals surface area contributed by atoms with E-state index in [2.05, 4.69) is 10.1 Å². The first-order chi connectivity index (χ1) is 16.7. The molecule has 10 heteroatoms. The van der Waals surface area contributed by atoms with Gasteiger partial charge in [-0.2, -0.15) is 5.10 Å². The number of carbonyl (C=O) groups excluding carboxylic acids is 1. The number of amides is 1. The fourth-order valence-electron chi connectivity index (χ4n) is 5.12. The maximum atomic E-state index is 14.0. The zero-order chi connectivity index (χ0) is 25.0. The van der Waals surface area contributed by atoms with E-state index < -0.39 is 29.3 Å². The number of halogens is 4. The molecule has 3 aromatic heterocycles. The Morgan fingerprint density at radius 2 is 1.80 bits per heavy atom. The van der Waals surface area contributed by atoms with Crippen molar-refractivity contribution in [3.05, 3.63) is 76.9 Å². The molecule has 2 atom stereocenters. The molecule has 0 saturated carbocycles. The van der Waals surface area contributed by atoms with E-state index in [1.807, 2.05) is 13.8 Å². The van der Waals surface area contributed by atoms with Crippen LogP contribution >= 0.6 is 0 Å². The van der Waals surface area contributed by atoms with Gasteiger partial charge >= 0.3 is 0 Å². The summed E-state index contributed by atoms with van der Waals surface area (Å²) < 4.78 is 58.3. The lowest BCUT2D eigenvalue weighted by Crippen LogP contribution is -2.47. The third-order valence-corrected chi connectivity index (χ3v) is 6.71. The normalized spacial score (nSPS) is 17.7. The van der Waals surface area contributed by atoms with Crippen molar-refractivity contribution in [3.8, 4) is 11.3 Å². The van der Waals surface area contributed by atoms with Crippen molar-refractivity contribution in [1.82, 2.24) is 24.1 Å². The highest BCUT2D eigenvalue weighted by molar-refractivity contribution is 5.94. The summed E-state index contributed by atoms with van der Waals surface area (Å²) in [6, 6.07) is 3.81. The number of benzene rings is 1. The standard InChI is InChI=1S/C25H23F4N5O/c1-4-15-11-16-23(31-32(3)24(16)13-8-17(27)22(29)18(28)9-13)19(5-2)34(15)25(35)20-12-30-21-10-14(26)6-7-33(20)21/h6-10,12,15,19H,4-5,11H2,1-3H3/t15-,19+/m0/s1. The Morgan fingerprint density at radius 3 is 2.46 bits per heavy atom. The Bertz CT molecular complexity index is 1440. The quantitative estimate of drug-likeness (QED) is 0.294. The van der Waals surface area contributed by atoms with Crippen molar-refractivity contribution >= 4 is 11.6 Å². The number of carbonyl (C=O) groups is 1. The molecule has 4 aromatic rings. The maximum Gasteiger partial charge on any atom is 0.273 e. The van der Waals surface area contributed by atoms with E-state index in [0.717, 1.165) is 17.7 Å². The van der Waals surface area contributed by atoms with Gasteiger partial charge in [-0.05, 0) is 37.5 Å². The van der Waals surface area contributed by atoms with Gasteiger partial charge in [-0.1, -0.05) is 13.8 Å². The first-order valence-corrected chi connectivity index (χ1v) is 11.4. The number of rotatable bonds is 4. The van der Waals surface area contributed by atoms with E-state index >= 15 is 0 Å². The van der Waals surface area contributed by atoms with Crippen molar-refractivity contribution in [3.63, 3.8) is 0 Å². The van der Waals surface area contributed by atoms with Crippen LogP contribution < -0.4 is 0 Å². The van der Waals surface area contributed by atoms with Crippen LogP contribution in [0, 0.1) is 23.3 Å². The van der Waals surface area contributed by atoms with Crippen LogP contribution in [-0.4, -0.2) is 36.0 Å². The van der Waals surface area contributed by atoms with E-state index in [1.165, 1.54) is 29.2 Å². The van der Waals surface area contributed by atoms with Crippen molar-refractivity contribution in [2.75, 3.05) is 0 Å². The Hall–Kier alpha value is -3.69. The molecular formula is C25H23F4N5O. The summed E-state index contributed by atoms with van der Waals surface area (Å²) in [6.07, 6.45) is 4.47. The molecule has 1 aromatic carbocycles. The smallest absolute Gasteiger partial charge is 0.273 e. The van der Waals surface area contributed by atoms with Gasteiger partial charge in [-0.3, -0.25) is 13.9 Å². The van der Waals surface area contributed by atoms with Crippen LogP contribution in [-0.2, 0) is 13.5 Å². The van der Waals surface area contributed by atoms with Crippen LogP contribution in [0.1, 0.15) is 54.5 Å². The molecule has 0 saturated heterocycles. The van der Waals surface area contributed by atoms with Gasteiger partial charge in [0.2, 0.25) is 0 Å². The van der Waals surface area contributed by atoms with Gasteiger partial charge in [0.15, 0.2) is 17.5 Å². The molecule has 0 aliphatic carbocycles. The van der Waals surface area contributed by atoms with Gasteiger partial charge in [-0.15, -0.1) is 0 Å². The van der Waals surface area contributed by atoms with Crippen LogP contribution in [0.2, 0.25) is 0 Å². The van der Waals surface area contributed by atoms with Crippen LogP contribution in [0.5, 0.6) is 0 Å². The lowest BCUT2D eigenvalue weighted by molar-refractivity contribution is 0.0505.